The van der Waals surface area contributed by atoms with Gasteiger partial charge in [0.25, 0.3) is 0 Å². The van der Waals surface area contributed by atoms with E-state index < -0.39 is 6.10 Å². The normalized spacial score (nSPS) is 15.9. The highest BCUT2D eigenvalue weighted by Gasteiger charge is 2.21. The van der Waals surface area contributed by atoms with E-state index in [1.54, 1.807) is 30.3 Å². The maximum Gasteiger partial charge on any atom is 0.121 e. The average Bonchev–Trinajstić information content (AvgIpc) is 2.73. The third-order valence-corrected chi connectivity index (χ3v) is 5.15. The molecule has 1 aliphatic heterocycles. The molecule has 148 valence electrons. The zero-order valence-electron chi connectivity index (χ0n) is 15.6. The Bertz CT molecular complexity index is 815. The second-order valence-electron chi connectivity index (χ2n) is 6.72. The number of nitrogens with zero attached hydrogens (tertiary/aromatic N) is 3. The standard InChI is InChI=1S/C21H24ClN3O3/c22-19-13-18(28-12-11-26)5-6-20(19)25-9-7-24(8-10-25)15-21(27)17-3-1-16(14-23)2-4-17/h1-6,13,21,26-27H,7-12,15H2. The fourth-order valence-corrected chi connectivity index (χ4v) is 3.59. The van der Waals surface area contributed by atoms with Gasteiger partial charge < -0.3 is 19.8 Å². The minimum atomic E-state index is -0.578. The highest BCUT2D eigenvalue weighted by molar-refractivity contribution is 6.33. The van der Waals surface area contributed by atoms with Gasteiger partial charge >= 0.3 is 0 Å². The van der Waals surface area contributed by atoms with Crippen LogP contribution in [0.4, 0.5) is 5.69 Å². The van der Waals surface area contributed by atoms with E-state index in [2.05, 4.69) is 15.9 Å². The molecule has 2 aromatic carbocycles. The third kappa shape index (κ3) is 5.15. The van der Waals surface area contributed by atoms with Gasteiger partial charge in [0.2, 0.25) is 0 Å². The van der Waals surface area contributed by atoms with E-state index in [4.69, 9.17) is 26.7 Å². The van der Waals surface area contributed by atoms with Crippen molar-refractivity contribution in [3.05, 3.63) is 58.6 Å². The van der Waals surface area contributed by atoms with Gasteiger partial charge in [-0.15, -0.1) is 0 Å². The molecular weight excluding hydrogens is 378 g/mol. The number of halogens is 1. The predicted molar refractivity (Wildman–Crippen MR) is 109 cm³/mol. The number of nitriles is 1. The molecule has 2 N–H and O–H groups in total. The molecule has 3 rings (SSSR count). The topological polar surface area (TPSA) is 80.0 Å². The molecule has 6 nitrogen and oxygen atoms in total. The Morgan fingerprint density at radius 2 is 1.82 bits per heavy atom. The molecule has 0 amide bonds. The molecule has 1 atom stereocenters. The number of rotatable bonds is 7. The van der Waals surface area contributed by atoms with Gasteiger partial charge in [0.15, 0.2) is 0 Å². The summed E-state index contributed by atoms with van der Waals surface area (Å²) in [6.07, 6.45) is -0.578. The van der Waals surface area contributed by atoms with Crippen LogP contribution in [0, 0.1) is 11.3 Å². The first kappa shape index (κ1) is 20.4. The molecule has 1 aliphatic rings. The lowest BCUT2D eigenvalue weighted by molar-refractivity contribution is 0.109. The third-order valence-electron chi connectivity index (χ3n) is 4.85. The lowest BCUT2D eigenvalue weighted by Crippen LogP contribution is -2.47. The Labute approximate surface area is 170 Å². The SMILES string of the molecule is N#Cc1ccc(C(O)CN2CCN(c3ccc(OCCO)cc3Cl)CC2)cc1. The molecule has 0 bridgehead atoms. The number of ether oxygens (including phenoxy) is 1. The van der Waals surface area contributed by atoms with Crippen LogP contribution in [-0.2, 0) is 0 Å². The molecule has 1 unspecified atom stereocenters. The van der Waals surface area contributed by atoms with E-state index in [1.807, 2.05) is 12.1 Å². The minimum absolute atomic E-state index is 0.0321. The van der Waals surface area contributed by atoms with Crippen molar-refractivity contribution in [1.82, 2.24) is 4.90 Å². The van der Waals surface area contributed by atoms with Crippen LogP contribution in [0.2, 0.25) is 5.02 Å². The first-order chi connectivity index (χ1) is 13.6. The number of β-amino-alcohol motifs (C(OH)–C–C–N with tert-alkyl or cyclic N) is 1. The van der Waals surface area contributed by atoms with Crippen molar-refractivity contribution in [2.45, 2.75) is 6.10 Å². The van der Waals surface area contributed by atoms with Crippen LogP contribution < -0.4 is 9.64 Å². The van der Waals surface area contributed by atoms with Gasteiger partial charge in [-0.25, -0.2) is 0 Å². The molecule has 0 aromatic heterocycles. The van der Waals surface area contributed by atoms with E-state index in [0.29, 0.717) is 22.9 Å². The molecule has 1 fully saturated rings. The summed E-state index contributed by atoms with van der Waals surface area (Å²) < 4.78 is 5.39. The first-order valence-electron chi connectivity index (χ1n) is 9.29. The van der Waals surface area contributed by atoms with Gasteiger partial charge in [-0.05, 0) is 29.8 Å². The molecule has 28 heavy (non-hydrogen) atoms. The highest BCUT2D eigenvalue weighted by Crippen LogP contribution is 2.30. The summed E-state index contributed by atoms with van der Waals surface area (Å²) in [6.45, 7) is 4.05. The van der Waals surface area contributed by atoms with Crippen molar-refractivity contribution >= 4 is 17.3 Å². The van der Waals surface area contributed by atoms with Crippen molar-refractivity contribution in [3.8, 4) is 11.8 Å². The van der Waals surface area contributed by atoms with Crippen LogP contribution in [-0.4, -0.2) is 61.1 Å². The molecule has 0 aliphatic carbocycles. The smallest absolute Gasteiger partial charge is 0.121 e. The van der Waals surface area contributed by atoms with Crippen LogP contribution in [0.3, 0.4) is 0 Å². The van der Waals surface area contributed by atoms with Crippen LogP contribution in [0.5, 0.6) is 5.75 Å². The number of hydrogen-bond donors (Lipinski definition) is 2. The lowest BCUT2D eigenvalue weighted by atomic mass is 10.1. The number of anilines is 1. The average molecular weight is 402 g/mol. The fraction of sp³-hybridized carbons (Fsp3) is 0.381. The Balaban J connectivity index is 1.53. The molecule has 0 saturated carbocycles. The zero-order valence-corrected chi connectivity index (χ0v) is 16.3. The summed E-state index contributed by atoms with van der Waals surface area (Å²) in [5.41, 5.74) is 2.38. The summed E-state index contributed by atoms with van der Waals surface area (Å²) >= 11 is 6.41. The lowest BCUT2D eigenvalue weighted by Gasteiger charge is -2.37. The number of aliphatic hydroxyl groups excluding tert-OH is 2. The van der Waals surface area contributed by atoms with Crippen molar-refractivity contribution in [3.63, 3.8) is 0 Å². The van der Waals surface area contributed by atoms with Gasteiger partial charge in [-0.3, -0.25) is 4.90 Å². The molecule has 7 heteroatoms. The number of benzene rings is 2. The van der Waals surface area contributed by atoms with Gasteiger partial charge in [-0.1, -0.05) is 23.7 Å². The summed E-state index contributed by atoms with van der Waals surface area (Å²) in [7, 11) is 0. The summed E-state index contributed by atoms with van der Waals surface area (Å²) in [5.74, 6) is 0.645. The largest absolute Gasteiger partial charge is 0.491 e. The Morgan fingerprint density at radius 1 is 1.11 bits per heavy atom. The zero-order chi connectivity index (χ0) is 19.9. The van der Waals surface area contributed by atoms with Gasteiger partial charge in [-0.2, -0.15) is 5.26 Å². The molecule has 1 heterocycles. The summed E-state index contributed by atoms with van der Waals surface area (Å²) in [6, 6.07) is 14.7. The second-order valence-corrected chi connectivity index (χ2v) is 7.13. The molecule has 0 radical (unpaired) electrons. The monoisotopic (exact) mass is 401 g/mol. The summed E-state index contributed by atoms with van der Waals surface area (Å²) in [4.78, 5) is 4.45. The van der Waals surface area contributed by atoms with Crippen LogP contribution in [0.1, 0.15) is 17.2 Å². The maximum atomic E-state index is 10.5. The van der Waals surface area contributed by atoms with Crippen molar-refractivity contribution in [1.29, 1.82) is 5.26 Å². The maximum absolute atomic E-state index is 10.5. The Morgan fingerprint density at radius 3 is 2.43 bits per heavy atom. The van der Waals surface area contributed by atoms with E-state index in [1.165, 1.54) is 0 Å². The van der Waals surface area contributed by atoms with Crippen LogP contribution >= 0.6 is 11.6 Å². The minimum Gasteiger partial charge on any atom is -0.491 e. The van der Waals surface area contributed by atoms with Crippen LogP contribution in [0.25, 0.3) is 0 Å². The number of aliphatic hydroxyl groups is 2. The van der Waals surface area contributed by atoms with Gasteiger partial charge in [0.1, 0.15) is 12.4 Å². The van der Waals surface area contributed by atoms with E-state index in [0.717, 1.165) is 37.4 Å². The quantitative estimate of drug-likeness (QED) is 0.741. The Hall–Kier alpha value is -2.30. The molecule has 1 saturated heterocycles. The van der Waals surface area contributed by atoms with Crippen molar-refractivity contribution in [2.75, 3.05) is 50.8 Å². The van der Waals surface area contributed by atoms with Crippen molar-refractivity contribution in [2.24, 2.45) is 0 Å². The second kappa shape index (κ2) is 9.76. The first-order valence-corrected chi connectivity index (χ1v) is 9.67. The van der Waals surface area contributed by atoms with Crippen molar-refractivity contribution < 1.29 is 14.9 Å². The summed E-state index contributed by atoms with van der Waals surface area (Å²) in [5, 5.41) is 28.8. The van der Waals surface area contributed by atoms with E-state index in [-0.39, 0.29) is 13.2 Å². The molecular formula is C21H24ClN3O3. The Kier molecular flexibility index (Phi) is 7.12. The number of piperazine rings is 1. The molecule has 0 spiro atoms. The van der Waals surface area contributed by atoms with Gasteiger partial charge in [0, 0.05) is 38.8 Å². The molecule has 2 aromatic rings. The van der Waals surface area contributed by atoms with E-state index in [9.17, 15) is 5.11 Å². The fourth-order valence-electron chi connectivity index (χ4n) is 3.30. The highest BCUT2D eigenvalue weighted by atomic mass is 35.5. The number of hydrogen-bond acceptors (Lipinski definition) is 6. The van der Waals surface area contributed by atoms with Crippen LogP contribution in [0.15, 0.2) is 42.5 Å². The van der Waals surface area contributed by atoms with Gasteiger partial charge in [0.05, 0.1) is 35.1 Å². The predicted octanol–water partition coefficient (Wildman–Crippen LogP) is 2.44. The van der Waals surface area contributed by atoms with E-state index >= 15 is 0 Å².